The lowest BCUT2D eigenvalue weighted by atomic mass is 10.1. The summed E-state index contributed by atoms with van der Waals surface area (Å²) in [6, 6.07) is 19.8. The molecule has 1 amide bonds. The number of hydrazone groups is 1. The summed E-state index contributed by atoms with van der Waals surface area (Å²) in [6.07, 6.45) is 1.59. The smallest absolute Gasteiger partial charge is 0.277 e. The summed E-state index contributed by atoms with van der Waals surface area (Å²) in [5, 5.41) is 4.00. The van der Waals surface area contributed by atoms with Crippen LogP contribution < -0.4 is 14.9 Å². The second-order valence-corrected chi connectivity index (χ2v) is 7.63. The van der Waals surface area contributed by atoms with Gasteiger partial charge >= 0.3 is 0 Å². The lowest BCUT2D eigenvalue weighted by molar-refractivity contribution is -0.123. The number of hydrogen-bond donors (Lipinski definition) is 1. The van der Waals surface area contributed by atoms with Crippen molar-refractivity contribution < 1.29 is 14.3 Å². The van der Waals surface area contributed by atoms with Crippen LogP contribution in [0.5, 0.6) is 11.5 Å². The van der Waals surface area contributed by atoms with Gasteiger partial charge in [0.2, 0.25) is 0 Å². The number of amides is 1. The number of nitrogens with one attached hydrogen (secondary N) is 1. The molecule has 3 aromatic carbocycles. The number of rotatable bonds is 8. The monoisotopic (exact) mass is 416 g/mol. The standard InChI is InChI=1S/C26H28N2O3/c1-18-5-7-23(8-6-18)16-30-24-11-9-22(10-12-24)15-27-28-26(29)17-31-25-14-19(2)13-20(3)21(25)4/h5-15H,16-17H2,1-4H3,(H,28,29)/b27-15+. The molecular weight excluding hydrogens is 388 g/mol. The Hall–Kier alpha value is -3.60. The SMILES string of the molecule is Cc1ccc(COc2ccc(/C=N/NC(=O)COc3cc(C)cc(C)c3C)cc2)cc1. The summed E-state index contributed by atoms with van der Waals surface area (Å²) in [7, 11) is 0. The van der Waals surface area contributed by atoms with Crippen molar-refractivity contribution in [3.63, 3.8) is 0 Å². The van der Waals surface area contributed by atoms with E-state index in [9.17, 15) is 4.79 Å². The zero-order valence-electron chi connectivity index (χ0n) is 18.4. The molecule has 0 saturated heterocycles. The molecule has 0 aromatic heterocycles. The second-order valence-electron chi connectivity index (χ2n) is 7.63. The van der Waals surface area contributed by atoms with Gasteiger partial charge in [-0.3, -0.25) is 4.79 Å². The average Bonchev–Trinajstić information content (AvgIpc) is 2.76. The van der Waals surface area contributed by atoms with Gasteiger partial charge in [-0.05, 0) is 85.8 Å². The van der Waals surface area contributed by atoms with E-state index < -0.39 is 0 Å². The first kappa shape index (κ1) is 22.1. The first-order valence-corrected chi connectivity index (χ1v) is 10.2. The highest BCUT2D eigenvalue weighted by Gasteiger charge is 2.07. The maximum absolute atomic E-state index is 12.0. The third kappa shape index (κ3) is 6.71. The van der Waals surface area contributed by atoms with Crippen LogP contribution >= 0.6 is 0 Å². The molecule has 0 unspecified atom stereocenters. The molecule has 0 radical (unpaired) electrons. The number of aryl methyl sites for hydroxylation is 3. The third-order valence-corrected chi connectivity index (χ3v) is 4.93. The number of ether oxygens (including phenoxy) is 2. The van der Waals surface area contributed by atoms with Crippen molar-refractivity contribution in [2.45, 2.75) is 34.3 Å². The first-order chi connectivity index (χ1) is 14.9. The summed E-state index contributed by atoms with van der Waals surface area (Å²) in [6.45, 7) is 8.50. The quantitative estimate of drug-likeness (QED) is 0.414. The molecule has 0 aliphatic heterocycles. The van der Waals surface area contributed by atoms with Crippen molar-refractivity contribution in [3.05, 3.63) is 94.0 Å². The van der Waals surface area contributed by atoms with Gasteiger partial charge in [0.15, 0.2) is 6.61 Å². The molecule has 0 heterocycles. The summed E-state index contributed by atoms with van der Waals surface area (Å²) in [5.74, 6) is 1.18. The minimum absolute atomic E-state index is 0.0904. The second kappa shape index (κ2) is 10.4. The number of carbonyl (C=O) groups excluding carboxylic acids is 1. The van der Waals surface area contributed by atoms with E-state index in [4.69, 9.17) is 9.47 Å². The molecule has 5 nitrogen and oxygen atoms in total. The van der Waals surface area contributed by atoms with E-state index in [-0.39, 0.29) is 12.5 Å². The molecule has 3 aromatic rings. The zero-order valence-corrected chi connectivity index (χ0v) is 18.4. The fourth-order valence-electron chi connectivity index (χ4n) is 3.01. The molecule has 0 aliphatic rings. The summed E-state index contributed by atoms with van der Waals surface area (Å²) in [5.41, 5.74) is 8.97. The molecule has 0 fully saturated rings. The van der Waals surface area contributed by atoms with Gasteiger partial charge in [-0.25, -0.2) is 5.43 Å². The Morgan fingerprint density at radius 2 is 1.61 bits per heavy atom. The van der Waals surface area contributed by atoms with Crippen LogP contribution in [0.4, 0.5) is 0 Å². The van der Waals surface area contributed by atoms with Crippen molar-refractivity contribution >= 4 is 12.1 Å². The number of hydrogen-bond acceptors (Lipinski definition) is 4. The van der Waals surface area contributed by atoms with Crippen LogP contribution in [0.15, 0.2) is 65.8 Å². The topological polar surface area (TPSA) is 59.9 Å². The van der Waals surface area contributed by atoms with Gasteiger partial charge in [0.05, 0.1) is 6.21 Å². The van der Waals surface area contributed by atoms with Crippen LogP contribution in [0, 0.1) is 27.7 Å². The lowest BCUT2D eigenvalue weighted by Gasteiger charge is -2.11. The Labute approximate surface area is 183 Å². The molecule has 0 saturated carbocycles. The average molecular weight is 417 g/mol. The molecule has 1 N–H and O–H groups in total. The Bertz CT molecular complexity index is 1060. The van der Waals surface area contributed by atoms with Gasteiger partial charge < -0.3 is 9.47 Å². The van der Waals surface area contributed by atoms with Crippen LogP contribution in [-0.2, 0) is 11.4 Å². The van der Waals surface area contributed by atoms with Gasteiger partial charge in [0.1, 0.15) is 18.1 Å². The van der Waals surface area contributed by atoms with Crippen molar-refractivity contribution in [1.82, 2.24) is 5.43 Å². The Kier molecular flexibility index (Phi) is 7.44. The van der Waals surface area contributed by atoms with Crippen molar-refractivity contribution in [2.75, 3.05) is 6.61 Å². The zero-order chi connectivity index (χ0) is 22.2. The van der Waals surface area contributed by atoms with Crippen LogP contribution in [0.25, 0.3) is 0 Å². The predicted octanol–water partition coefficient (Wildman–Crippen LogP) is 5.03. The molecule has 0 bridgehead atoms. The summed E-state index contributed by atoms with van der Waals surface area (Å²) >= 11 is 0. The van der Waals surface area contributed by atoms with E-state index in [1.807, 2.05) is 51.1 Å². The molecule has 31 heavy (non-hydrogen) atoms. The van der Waals surface area contributed by atoms with E-state index >= 15 is 0 Å². The van der Waals surface area contributed by atoms with E-state index in [2.05, 4.69) is 47.8 Å². The largest absolute Gasteiger partial charge is 0.489 e. The van der Waals surface area contributed by atoms with E-state index in [0.717, 1.165) is 39.3 Å². The summed E-state index contributed by atoms with van der Waals surface area (Å²) < 4.78 is 11.4. The Balaban J connectivity index is 1.45. The number of benzene rings is 3. The number of nitrogens with zero attached hydrogens (tertiary/aromatic N) is 1. The van der Waals surface area contributed by atoms with Crippen LogP contribution in [0.3, 0.4) is 0 Å². The van der Waals surface area contributed by atoms with Crippen LogP contribution in [0.1, 0.15) is 33.4 Å². The molecule has 0 atom stereocenters. The summed E-state index contributed by atoms with van der Waals surface area (Å²) in [4.78, 5) is 12.0. The molecule has 0 spiro atoms. The van der Waals surface area contributed by atoms with Gasteiger partial charge in [-0.2, -0.15) is 5.10 Å². The lowest BCUT2D eigenvalue weighted by Crippen LogP contribution is -2.24. The molecular formula is C26H28N2O3. The van der Waals surface area contributed by atoms with E-state index in [0.29, 0.717) is 6.61 Å². The fraction of sp³-hybridized carbons (Fsp3) is 0.231. The van der Waals surface area contributed by atoms with Crippen molar-refractivity contribution in [1.29, 1.82) is 0 Å². The van der Waals surface area contributed by atoms with Crippen molar-refractivity contribution in [2.24, 2.45) is 5.10 Å². The minimum Gasteiger partial charge on any atom is -0.489 e. The van der Waals surface area contributed by atoms with E-state index in [1.165, 1.54) is 5.56 Å². The van der Waals surface area contributed by atoms with Crippen LogP contribution in [0.2, 0.25) is 0 Å². The third-order valence-electron chi connectivity index (χ3n) is 4.93. The first-order valence-electron chi connectivity index (χ1n) is 10.2. The molecule has 160 valence electrons. The van der Waals surface area contributed by atoms with Gasteiger partial charge in [0.25, 0.3) is 5.91 Å². The minimum atomic E-state index is -0.312. The maximum Gasteiger partial charge on any atom is 0.277 e. The number of carbonyl (C=O) groups is 1. The highest BCUT2D eigenvalue weighted by molar-refractivity contribution is 5.83. The fourth-order valence-corrected chi connectivity index (χ4v) is 3.01. The van der Waals surface area contributed by atoms with Crippen molar-refractivity contribution in [3.8, 4) is 11.5 Å². The Morgan fingerprint density at radius 1 is 0.903 bits per heavy atom. The van der Waals surface area contributed by atoms with E-state index in [1.54, 1.807) is 6.21 Å². The predicted molar refractivity (Wildman–Crippen MR) is 124 cm³/mol. The van der Waals surface area contributed by atoms with Gasteiger partial charge in [-0.1, -0.05) is 35.9 Å². The molecule has 0 aliphatic carbocycles. The maximum atomic E-state index is 12.0. The normalized spacial score (nSPS) is 10.8. The highest BCUT2D eigenvalue weighted by atomic mass is 16.5. The molecule has 5 heteroatoms. The molecule has 3 rings (SSSR count). The van der Waals surface area contributed by atoms with Gasteiger partial charge in [0, 0.05) is 0 Å². The van der Waals surface area contributed by atoms with Crippen LogP contribution in [-0.4, -0.2) is 18.7 Å². The Morgan fingerprint density at radius 3 is 2.32 bits per heavy atom. The highest BCUT2D eigenvalue weighted by Crippen LogP contribution is 2.23. The van der Waals surface area contributed by atoms with Gasteiger partial charge in [-0.15, -0.1) is 0 Å².